The molecule has 1 saturated heterocycles. The first kappa shape index (κ1) is 22.6. The smallest absolute Gasteiger partial charge is 0.232 e. The zero-order valence-electron chi connectivity index (χ0n) is 18.4. The van der Waals surface area contributed by atoms with Crippen molar-refractivity contribution in [1.82, 2.24) is 10.2 Å². The molecule has 2 heterocycles. The minimum atomic E-state index is -3.28. The summed E-state index contributed by atoms with van der Waals surface area (Å²) >= 11 is 0. The summed E-state index contributed by atoms with van der Waals surface area (Å²) in [5.74, 6) is 0.440. The number of nitrogens with zero attached hydrogens (tertiary/aromatic N) is 2. The molecular weight excluding hydrogens is 414 g/mol. The van der Waals surface area contributed by atoms with Crippen LogP contribution in [-0.4, -0.2) is 62.8 Å². The lowest BCUT2D eigenvalue weighted by Crippen LogP contribution is -2.46. The van der Waals surface area contributed by atoms with E-state index in [2.05, 4.69) is 10.2 Å². The van der Waals surface area contributed by atoms with E-state index in [-0.39, 0.29) is 17.9 Å². The fraction of sp³-hybridized carbons (Fsp3) is 0.696. The Morgan fingerprint density at radius 2 is 1.84 bits per heavy atom. The predicted molar refractivity (Wildman–Crippen MR) is 121 cm³/mol. The van der Waals surface area contributed by atoms with Crippen molar-refractivity contribution in [1.29, 1.82) is 0 Å². The Kier molecular flexibility index (Phi) is 6.89. The average molecular weight is 450 g/mol. The highest BCUT2D eigenvalue weighted by molar-refractivity contribution is 7.92. The molecule has 0 aromatic heterocycles. The van der Waals surface area contributed by atoms with Crippen LogP contribution in [0.15, 0.2) is 18.2 Å². The van der Waals surface area contributed by atoms with Gasteiger partial charge in [0.15, 0.2) is 0 Å². The van der Waals surface area contributed by atoms with Crippen molar-refractivity contribution < 1.29 is 18.3 Å². The Labute approximate surface area is 185 Å². The molecule has 2 N–H and O–H groups in total. The van der Waals surface area contributed by atoms with Crippen molar-refractivity contribution >= 4 is 21.6 Å². The predicted octanol–water partition coefficient (Wildman–Crippen LogP) is 2.20. The molecule has 1 atom stereocenters. The molecule has 1 saturated carbocycles. The first-order valence-corrected chi connectivity index (χ1v) is 13.5. The van der Waals surface area contributed by atoms with Gasteiger partial charge in [-0.2, -0.15) is 0 Å². The molecule has 0 bridgehead atoms. The van der Waals surface area contributed by atoms with Crippen molar-refractivity contribution in [2.24, 2.45) is 5.92 Å². The molecular formula is C23H35N3O4S. The molecule has 1 amide bonds. The highest BCUT2D eigenvalue weighted by Gasteiger charge is 2.28. The van der Waals surface area contributed by atoms with E-state index in [0.29, 0.717) is 13.1 Å². The number of aliphatic hydroxyl groups is 1. The fourth-order valence-electron chi connectivity index (χ4n) is 5.25. The number of piperidine rings is 1. The van der Waals surface area contributed by atoms with Gasteiger partial charge in [0.25, 0.3) is 0 Å². The number of benzene rings is 1. The normalized spacial score (nSPS) is 22.3. The first-order valence-electron chi connectivity index (χ1n) is 11.6. The van der Waals surface area contributed by atoms with E-state index in [0.717, 1.165) is 68.4 Å². The number of sulfonamides is 1. The molecule has 1 aromatic carbocycles. The van der Waals surface area contributed by atoms with Gasteiger partial charge in [-0.25, -0.2) is 8.42 Å². The monoisotopic (exact) mass is 449 g/mol. The van der Waals surface area contributed by atoms with Gasteiger partial charge in [-0.15, -0.1) is 0 Å². The van der Waals surface area contributed by atoms with E-state index in [1.54, 1.807) is 0 Å². The molecule has 2 aliphatic heterocycles. The molecule has 31 heavy (non-hydrogen) atoms. The maximum atomic E-state index is 12.4. The molecule has 0 radical (unpaired) electrons. The number of aliphatic hydroxyl groups excluding tert-OH is 1. The standard InChI is InChI=1S/C23H35N3O4S/c1-31(29,30)26-12-4-7-18-15-19(8-9-21(18)26)22(27)16-25-13-10-20(11-14-25)24-23(28)17-5-2-3-6-17/h8-9,15,17,20,22,27H,2-7,10-14,16H2,1H3,(H,24,28)/t22-/m1/s1. The van der Waals surface area contributed by atoms with Gasteiger partial charge in [-0.05, 0) is 55.7 Å². The number of hydrogen-bond donors (Lipinski definition) is 2. The van der Waals surface area contributed by atoms with Crippen molar-refractivity contribution in [2.75, 3.05) is 36.7 Å². The van der Waals surface area contributed by atoms with Crippen LogP contribution in [0.5, 0.6) is 0 Å². The number of amides is 1. The van der Waals surface area contributed by atoms with Crippen LogP contribution in [0.1, 0.15) is 62.2 Å². The van der Waals surface area contributed by atoms with Gasteiger partial charge in [0.05, 0.1) is 18.0 Å². The van der Waals surface area contributed by atoms with Crippen molar-refractivity contribution in [3.63, 3.8) is 0 Å². The number of likely N-dealkylation sites (tertiary alicyclic amines) is 1. The van der Waals surface area contributed by atoms with Crippen LogP contribution in [0.2, 0.25) is 0 Å². The molecule has 2 fully saturated rings. The second-order valence-corrected chi connectivity index (χ2v) is 11.3. The van der Waals surface area contributed by atoms with Crippen LogP contribution in [-0.2, 0) is 21.2 Å². The van der Waals surface area contributed by atoms with E-state index in [1.807, 2.05) is 18.2 Å². The lowest BCUT2D eigenvalue weighted by molar-refractivity contribution is -0.125. The third-order valence-corrected chi connectivity index (χ3v) is 8.24. The fourth-order valence-corrected chi connectivity index (χ4v) is 6.25. The summed E-state index contributed by atoms with van der Waals surface area (Å²) in [6.07, 6.45) is 8.48. The molecule has 172 valence electrons. The van der Waals surface area contributed by atoms with Crippen molar-refractivity contribution in [2.45, 2.75) is 63.5 Å². The zero-order chi connectivity index (χ0) is 22.0. The van der Waals surface area contributed by atoms with Crippen molar-refractivity contribution in [3.8, 4) is 0 Å². The molecule has 3 aliphatic rings. The third kappa shape index (κ3) is 5.41. The van der Waals surface area contributed by atoms with Gasteiger partial charge >= 0.3 is 0 Å². The Hall–Kier alpha value is -1.64. The van der Waals surface area contributed by atoms with Gasteiger partial charge in [0.1, 0.15) is 0 Å². The van der Waals surface area contributed by atoms with Gasteiger partial charge < -0.3 is 15.3 Å². The SMILES string of the molecule is CS(=O)(=O)N1CCCc2cc([C@H](O)CN3CCC(NC(=O)C4CCCC4)CC3)ccc21. The average Bonchev–Trinajstić information content (AvgIpc) is 3.29. The second-order valence-electron chi connectivity index (χ2n) is 9.41. The van der Waals surface area contributed by atoms with Crippen molar-refractivity contribution in [3.05, 3.63) is 29.3 Å². The summed E-state index contributed by atoms with van der Waals surface area (Å²) in [4.78, 5) is 14.6. The highest BCUT2D eigenvalue weighted by atomic mass is 32.2. The maximum Gasteiger partial charge on any atom is 0.232 e. The second kappa shape index (κ2) is 9.46. The van der Waals surface area contributed by atoms with E-state index in [4.69, 9.17) is 0 Å². The number of carbonyl (C=O) groups excluding carboxylic acids is 1. The Morgan fingerprint density at radius 3 is 2.52 bits per heavy atom. The summed E-state index contributed by atoms with van der Waals surface area (Å²) in [5.41, 5.74) is 2.57. The summed E-state index contributed by atoms with van der Waals surface area (Å²) in [5, 5.41) is 14.0. The Morgan fingerprint density at radius 1 is 1.13 bits per heavy atom. The molecule has 4 rings (SSSR count). The molecule has 0 unspecified atom stereocenters. The molecule has 0 spiro atoms. The third-order valence-electron chi connectivity index (χ3n) is 7.06. The van der Waals surface area contributed by atoms with Gasteiger partial charge in [-0.3, -0.25) is 9.10 Å². The summed E-state index contributed by atoms with van der Waals surface area (Å²) in [6, 6.07) is 5.89. The maximum absolute atomic E-state index is 12.4. The number of nitrogens with one attached hydrogen (secondary N) is 1. The van der Waals surface area contributed by atoms with Crippen LogP contribution in [0, 0.1) is 5.92 Å². The number of anilines is 1. The topological polar surface area (TPSA) is 89.9 Å². The molecule has 1 aromatic rings. The Balaban J connectivity index is 1.30. The van der Waals surface area contributed by atoms with E-state index < -0.39 is 16.1 Å². The summed E-state index contributed by atoms with van der Waals surface area (Å²) in [6.45, 7) is 2.79. The quantitative estimate of drug-likeness (QED) is 0.695. The minimum Gasteiger partial charge on any atom is -0.387 e. The zero-order valence-corrected chi connectivity index (χ0v) is 19.2. The molecule has 1 aliphatic carbocycles. The van der Waals surface area contributed by atoms with Crippen LogP contribution >= 0.6 is 0 Å². The first-order chi connectivity index (χ1) is 14.8. The Bertz CT molecular complexity index is 890. The molecule has 7 nitrogen and oxygen atoms in total. The van der Waals surface area contributed by atoms with Crippen LogP contribution in [0.3, 0.4) is 0 Å². The van der Waals surface area contributed by atoms with E-state index in [1.165, 1.54) is 23.4 Å². The highest BCUT2D eigenvalue weighted by Crippen LogP contribution is 2.32. The minimum absolute atomic E-state index is 0.211. The van der Waals surface area contributed by atoms with Crippen LogP contribution in [0.25, 0.3) is 0 Å². The largest absolute Gasteiger partial charge is 0.387 e. The van der Waals surface area contributed by atoms with E-state index in [9.17, 15) is 18.3 Å². The van der Waals surface area contributed by atoms with Gasteiger partial charge in [0.2, 0.25) is 15.9 Å². The number of carbonyl (C=O) groups is 1. The van der Waals surface area contributed by atoms with Gasteiger partial charge in [-0.1, -0.05) is 25.0 Å². The lowest BCUT2D eigenvalue weighted by atomic mass is 9.97. The van der Waals surface area contributed by atoms with Gasteiger partial charge in [0, 0.05) is 38.1 Å². The number of fused-ring (bicyclic) bond motifs is 1. The molecule has 8 heteroatoms. The van der Waals surface area contributed by atoms with E-state index >= 15 is 0 Å². The lowest BCUT2D eigenvalue weighted by Gasteiger charge is -2.34. The number of β-amino-alcohol motifs (C(OH)–C–C–N with tert-alkyl or cyclic N) is 1. The number of aryl methyl sites for hydroxylation is 1. The number of rotatable bonds is 6. The number of hydrogen-bond acceptors (Lipinski definition) is 5. The van der Waals surface area contributed by atoms with Crippen LogP contribution in [0.4, 0.5) is 5.69 Å². The summed E-state index contributed by atoms with van der Waals surface area (Å²) in [7, 11) is -3.28. The summed E-state index contributed by atoms with van der Waals surface area (Å²) < 4.78 is 25.5. The van der Waals surface area contributed by atoms with Crippen LogP contribution < -0.4 is 9.62 Å².